The second-order valence-electron chi connectivity index (χ2n) is 9.52. The van der Waals surface area contributed by atoms with Crippen molar-refractivity contribution in [1.82, 2.24) is 14.5 Å². The second-order valence-corrected chi connectivity index (χ2v) is 9.52. The highest BCUT2D eigenvalue weighted by Crippen LogP contribution is 2.40. The van der Waals surface area contributed by atoms with Crippen LogP contribution in [0, 0.1) is 5.82 Å². The van der Waals surface area contributed by atoms with Crippen molar-refractivity contribution in [3.63, 3.8) is 0 Å². The fourth-order valence-electron chi connectivity index (χ4n) is 5.42. The van der Waals surface area contributed by atoms with Gasteiger partial charge in [-0.3, -0.25) is 9.59 Å². The smallest absolute Gasteiger partial charge is 0.307 e. The highest BCUT2D eigenvalue weighted by Gasteiger charge is 2.33. The minimum absolute atomic E-state index is 0. The first kappa shape index (κ1) is 29.6. The molecule has 8 nitrogen and oxygen atoms in total. The van der Waals surface area contributed by atoms with E-state index in [4.69, 9.17) is 14.2 Å². The van der Waals surface area contributed by atoms with Gasteiger partial charge < -0.3 is 23.7 Å². The van der Waals surface area contributed by atoms with Crippen molar-refractivity contribution < 1.29 is 28.2 Å². The molecule has 0 radical (unpaired) electrons. The van der Waals surface area contributed by atoms with E-state index < -0.39 is 12.0 Å². The van der Waals surface area contributed by atoms with Gasteiger partial charge in [-0.1, -0.05) is 0 Å². The number of esters is 1. The molecule has 2 aromatic carbocycles. The van der Waals surface area contributed by atoms with Gasteiger partial charge in [0, 0.05) is 36.8 Å². The quantitative estimate of drug-likeness (QED) is 0.212. The molecule has 0 bridgehead atoms. The molecule has 0 saturated heterocycles. The summed E-state index contributed by atoms with van der Waals surface area (Å²) in [6, 6.07) is 13.2. The Morgan fingerprint density at radius 1 is 1.07 bits per heavy atom. The van der Waals surface area contributed by atoms with Crippen molar-refractivity contribution in [1.29, 1.82) is 0 Å². The summed E-state index contributed by atoms with van der Waals surface area (Å²) >= 11 is 0. The maximum absolute atomic E-state index is 13.7. The number of methoxy groups -OCH3 is 3. The SMILES string of the molecule is COC(=O)CC1c2cc(OC)c(OC)cc2CCN1C(=O)/C=C/c1c(-c2ccc(F)cc2)n(C)c2ncccc12.Cl. The van der Waals surface area contributed by atoms with Gasteiger partial charge in [-0.2, -0.15) is 0 Å². The van der Waals surface area contributed by atoms with E-state index in [1.165, 1.54) is 25.3 Å². The molecule has 0 saturated carbocycles. The molecule has 0 fully saturated rings. The Bertz CT molecular complexity index is 1620. The zero-order chi connectivity index (χ0) is 28.4. The molecule has 1 unspecified atom stereocenters. The Morgan fingerprint density at radius 2 is 1.78 bits per heavy atom. The maximum Gasteiger partial charge on any atom is 0.307 e. The van der Waals surface area contributed by atoms with Crippen molar-refractivity contribution in [2.24, 2.45) is 7.05 Å². The third-order valence-corrected chi connectivity index (χ3v) is 7.37. The van der Waals surface area contributed by atoms with E-state index in [-0.39, 0.29) is 30.6 Å². The summed E-state index contributed by atoms with van der Waals surface area (Å²) in [6.07, 6.45) is 5.58. The Labute approximate surface area is 243 Å². The molecule has 10 heteroatoms. The number of aryl methyl sites for hydroxylation is 1. The third-order valence-electron chi connectivity index (χ3n) is 7.37. The molecule has 214 valence electrons. The summed E-state index contributed by atoms with van der Waals surface area (Å²) < 4.78 is 31.5. The molecule has 0 N–H and O–H groups in total. The number of nitrogens with zero attached hydrogens (tertiary/aromatic N) is 3. The van der Waals surface area contributed by atoms with Crippen LogP contribution < -0.4 is 9.47 Å². The lowest BCUT2D eigenvalue weighted by atomic mass is 9.89. The number of aromatic nitrogens is 2. The van der Waals surface area contributed by atoms with Gasteiger partial charge in [0.05, 0.1) is 39.5 Å². The predicted octanol–water partition coefficient (Wildman–Crippen LogP) is 5.52. The topological polar surface area (TPSA) is 82.9 Å². The fourth-order valence-corrected chi connectivity index (χ4v) is 5.42. The highest BCUT2D eigenvalue weighted by atomic mass is 35.5. The average molecular weight is 580 g/mol. The molecule has 3 heterocycles. The summed E-state index contributed by atoms with van der Waals surface area (Å²) in [5.41, 5.74) is 4.94. The fraction of sp³-hybridized carbons (Fsp3) is 0.258. The first-order valence-electron chi connectivity index (χ1n) is 12.9. The van der Waals surface area contributed by atoms with Gasteiger partial charge in [0.25, 0.3) is 0 Å². The molecular formula is C31H31ClFN3O5. The van der Waals surface area contributed by atoms with Gasteiger partial charge in [0.1, 0.15) is 11.5 Å². The van der Waals surface area contributed by atoms with E-state index in [1.54, 1.807) is 43.5 Å². The molecule has 2 aromatic heterocycles. The lowest BCUT2D eigenvalue weighted by Gasteiger charge is -2.36. The molecule has 0 aliphatic carbocycles. The van der Waals surface area contributed by atoms with Gasteiger partial charge in [0.15, 0.2) is 11.5 Å². The number of rotatable bonds is 7. The van der Waals surface area contributed by atoms with Crippen molar-refractivity contribution in [2.75, 3.05) is 27.9 Å². The molecule has 5 rings (SSSR count). The molecule has 4 aromatic rings. The van der Waals surface area contributed by atoms with Gasteiger partial charge >= 0.3 is 5.97 Å². The number of ether oxygens (including phenoxy) is 3. The number of benzene rings is 2. The number of fused-ring (bicyclic) bond motifs is 2. The zero-order valence-corrected chi connectivity index (χ0v) is 24.0. The zero-order valence-electron chi connectivity index (χ0n) is 23.2. The van der Waals surface area contributed by atoms with Gasteiger partial charge in [0.2, 0.25) is 5.91 Å². The lowest BCUT2D eigenvalue weighted by Crippen LogP contribution is -2.40. The van der Waals surface area contributed by atoms with Crippen molar-refractivity contribution in [3.8, 4) is 22.8 Å². The van der Waals surface area contributed by atoms with Crippen LogP contribution in [0.5, 0.6) is 11.5 Å². The molecule has 1 aliphatic rings. The van der Waals surface area contributed by atoms with Crippen LogP contribution in [0.3, 0.4) is 0 Å². The van der Waals surface area contributed by atoms with Crippen LogP contribution in [0.4, 0.5) is 4.39 Å². The van der Waals surface area contributed by atoms with E-state index in [0.29, 0.717) is 24.5 Å². The predicted molar refractivity (Wildman–Crippen MR) is 157 cm³/mol. The Kier molecular flexibility index (Phi) is 8.98. The van der Waals surface area contributed by atoms with Crippen LogP contribution in [-0.2, 0) is 27.8 Å². The molecule has 1 aliphatic heterocycles. The molecular weight excluding hydrogens is 549 g/mol. The van der Waals surface area contributed by atoms with Crippen LogP contribution in [0.15, 0.2) is 60.8 Å². The van der Waals surface area contributed by atoms with Crippen LogP contribution >= 0.6 is 12.4 Å². The van der Waals surface area contributed by atoms with Gasteiger partial charge in [-0.05, 0) is 77.7 Å². The Hall–Kier alpha value is -4.37. The van der Waals surface area contributed by atoms with Crippen LogP contribution in [0.1, 0.15) is 29.2 Å². The summed E-state index contributed by atoms with van der Waals surface area (Å²) in [5, 5.41) is 0.861. The molecule has 1 amide bonds. The first-order chi connectivity index (χ1) is 19.4. The van der Waals surface area contributed by atoms with E-state index in [0.717, 1.165) is 39.0 Å². The third kappa shape index (κ3) is 5.63. The number of hydrogen-bond acceptors (Lipinski definition) is 6. The van der Waals surface area contributed by atoms with E-state index in [1.807, 2.05) is 35.9 Å². The van der Waals surface area contributed by atoms with E-state index in [2.05, 4.69) is 4.98 Å². The molecule has 41 heavy (non-hydrogen) atoms. The van der Waals surface area contributed by atoms with E-state index in [9.17, 15) is 14.0 Å². The lowest BCUT2D eigenvalue weighted by molar-refractivity contribution is -0.143. The minimum atomic E-state index is -0.543. The monoisotopic (exact) mass is 579 g/mol. The summed E-state index contributed by atoms with van der Waals surface area (Å²) in [6.45, 7) is 0.412. The number of amides is 1. The van der Waals surface area contributed by atoms with Gasteiger partial charge in [-0.25, -0.2) is 9.37 Å². The Morgan fingerprint density at radius 3 is 2.46 bits per heavy atom. The highest BCUT2D eigenvalue weighted by molar-refractivity contribution is 6.00. The largest absolute Gasteiger partial charge is 0.493 e. The molecule has 0 spiro atoms. The summed E-state index contributed by atoms with van der Waals surface area (Å²) in [7, 11) is 6.34. The average Bonchev–Trinajstić information content (AvgIpc) is 3.26. The van der Waals surface area contributed by atoms with Crippen LogP contribution in [0.25, 0.3) is 28.4 Å². The Balaban J connectivity index is 0.00000387. The minimum Gasteiger partial charge on any atom is -0.493 e. The summed E-state index contributed by atoms with van der Waals surface area (Å²) in [5.74, 6) is 0.112. The second kappa shape index (κ2) is 12.4. The normalized spacial score (nSPS) is 14.5. The van der Waals surface area contributed by atoms with Crippen molar-refractivity contribution in [2.45, 2.75) is 18.9 Å². The molecule has 1 atom stereocenters. The van der Waals surface area contributed by atoms with E-state index >= 15 is 0 Å². The van der Waals surface area contributed by atoms with Gasteiger partial charge in [-0.15, -0.1) is 12.4 Å². The number of halogens is 2. The summed E-state index contributed by atoms with van der Waals surface area (Å²) in [4.78, 5) is 32.4. The van der Waals surface area contributed by atoms with Crippen molar-refractivity contribution in [3.05, 3.63) is 83.3 Å². The van der Waals surface area contributed by atoms with Crippen LogP contribution in [0.2, 0.25) is 0 Å². The standard InChI is InChI=1S/C31H30FN3O5.ClH/c1-34-30(19-7-9-21(32)10-8-19)22(23-6-5-14-33-31(23)34)11-12-28(36)35-15-13-20-16-26(38-2)27(39-3)17-24(20)25(35)18-29(37)40-4;/h5-12,14,16-17,25H,13,15,18H2,1-4H3;1H/b12-11+;. The number of hydrogen-bond donors (Lipinski definition) is 0. The number of carbonyl (C=O) groups is 2. The number of carbonyl (C=O) groups excluding carboxylic acids is 2. The van der Waals surface area contributed by atoms with Crippen LogP contribution in [-0.4, -0.2) is 54.2 Å². The maximum atomic E-state index is 13.7. The number of pyridine rings is 1. The van der Waals surface area contributed by atoms with Crippen molar-refractivity contribution >= 4 is 41.4 Å². The first-order valence-corrected chi connectivity index (χ1v) is 12.9.